The normalized spacial score (nSPS) is 15.3. The van der Waals surface area contributed by atoms with E-state index in [2.05, 4.69) is 157 Å². The van der Waals surface area contributed by atoms with Gasteiger partial charge in [-0.1, -0.05) is 23.5 Å². The summed E-state index contributed by atoms with van der Waals surface area (Å²) in [6, 6.07) is 2.22. The lowest BCUT2D eigenvalue weighted by Crippen LogP contribution is -2.50. The first-order valence-corrected chi connectivity index (χ1v) is 28.5. The number of carbonyl (C=O) groups is 2. The van der Waals surface area contributed by atoms with E-state index in [-0.39, 0.29) is 53.3 Å². The van der Waals surface area contributed by atoms with Gasteiger partial charge in [0.1, 0.15) is 13.1 Å². The van der Waals surface area contributed by atoms with E-state index in [4.69, 9.17) is 18.5 Å². The van der Waals surface area contributed by atoms with Crippen LogP contribution in [0.15, 0.2) is 0 Å². The van der Waals surface area contributed by atoms with Crippen molar-refractivity contribution in [2.45, 2.75) is 200 Å². The summed E-state index contributed by atoms with van der Waals surface area (Å²) in [5.74, 6) is 0.983. The molecular weight excluding hydrogens is 859 g/mol. The Morgan fingerprint density at radius 2 is 0.823 bits per heavy atom. The minimum absolute atomic E-state index is 0.194. The standard InChI is InChI=1S/C46H100N6O6P2S2/c1-21-51(22-2,23-3)33-45(53)61-32-31-55-35-58-60(48(39(11)12)40(13)14)50(42(17)18)44(20)28-27-43(19)49(41(15)16)59(47(37(7)8)38(9)10)57-30-29-56-36-62-46(54)34-52(24-4,25-5)26-6/h37-44H,21-36H2,1-20H3/q+2. The van der Waals surface area contributed by atoms with Gasteiger partial charge in [0, 0.05) is 54.1 Å². The summed E-state index contributed by atoms with van der Waals surface area (Å²) < 4.78 is 37.6. The van der Waals surface area contributed by atoms with Crippen LogP contribution in [0.3, 0.4) is 0 Å². The second-order valence-electron chi connectivity index (χ2n) is 18.5. The molecule has 370 valence electrons. The molecule has 0 heterocycles. The van der Waals surface area contributed by atoms with Crippen molar-refractivity contribution in [1.82, 2.24) is 18.7 Å². The highest BCUT2D eigenvalue weighted by atomic mass is 32.2. The minimum Gasteiger partial charge on any atom is -0.368 e. The fourth-order valence-corrected chi connectivity index (χ4v) is 14.5. The van der Waals surface area contributed by atoms with Crippen LogP contribution >= 0.6 is 40.4 Å². The first-order valence-electron chi connectivity index (χ1n) is 24.2. The predicted octanol–water partition coefficient (Wildman–Crippen LogP) is 10.9. The number of hydrogen-bond donors (Lipinski definition) is 0. The summed E-state index contributed by atoms with van der Waals surface area (Å²) in [4.78, 5) is 25.7. The van der Waals surface area contributed by atoms with Crippen molar-refractivity contribution < 1.29 is 37.1 Å². The highest BCUT2D eigenvalue weighted by Crippen LogP contribution is 2.53. The summed E-state index contributed by atoms with van der Waals surface area (Å²) in [5, 5.41) is 0.433. The molecule has 0 saturated heterocycles. The number of rotatable bonds is 37. The number of thioether (sulfide) groups is 2. The Balaban J connectivity index is 5.95. The molecule has 4 unspecified atom stereocenters. The number of quaternary nitrogens is 2. The first kappa shape index (κ1) is 62.5. The smallest absolute Gasteiger partial charge is 0.245 e. The molecule has 0 saturated carbocycles. The monoisotopic (exact) mass is 959 g/mol. The lowest BCUT2D eigenvalue weighted by atomic mass is 10.1. The molecular formula is C46H100N6O6P2S2+2. The van der Waals surface area contributed by atoms with Crippen LogP contribution in [0.1, 0.15) is 151 Å². The van der Waals surface area contributed by atoms with Gasteiger partial charge in [0.25, 0.3) is 0 Å². The van der Waals surface area contributed by atoms with Crippen LogP contribution in [0, 0.1) is 0 Å². The molecule has 0 N–H and O–H groups in total. The van der Waals surface area contributed by atoms with Crippen molar-refractivity contribution in [3.05, 3.63) is 0 Å². The summed E-state index contributed by atoms with van der Waals surface area (Å²) in [6.45, 7) is 53.5. The first-order chi connectivity index (χ1) is 29.1. The molecule has 62 heavy (non-hydrogen) atoms. The molecule has 0 aliphatic rings. The van der Waals surface area contributed by atoms with Gasteiger partial charge in [-0.2, -0.15) is 0 Å². The molecule has 0 fully saturated rings. The molecule has 0 radical (unpaired) electrons. The Labute approximate surface area is 395 Å². The fraction of sp³-hybridized carbons (Fsp3) is 0.957. The molecule has 0 amide bonds. The third kappa shape index (κ3) is 21.6. The Hall–Kier alpha value is 0.500. The molecule has 0 aromatic carbocycles. The Kier molecular flexibility index (Phi) is 33.3. The number of likely N-dealkylation sites (N-methyl/N-ethyl adjacent to an activating group) is 2. The second-order valence-corrected chi connectivity index (χ2v) is 24.0. The molecule has 4 atom stereocenters. The van der Waals surface area contributed by atoms with Crippen molar-refractivity contribution >= 4 is 50.7 Å². The molecule has 0 spiro atoms. The van der Waals surface area contributed by atoms with E-state index in [1.807, 2.05) is 0 Å². The van der Waals surface area contributed by atoms with Crippen LogP contribution in [-0.2, 0) is 28.1 Å². The van der Waals surface area contributed by atoms with Gasteiger partial charge in [0.15, 0.2) is 23.7 Å². The lowest BCUT2D eigenvalue weighted by molar-refractivity contribution is -0.915. The quantitative estimate of drug-likeness (QED) is 0.0257. The average Bonchev–Trinajstić information content (AvgIpc) is 3.19. The summed E-state index contributed by atoms with van der Waals surface area (Å²) >= 11 is 2.68. The molecule has 0 aromatic heterocycles. The van der Waals surface area contributed by atoms with Crippen molar-refractivity contribution in [2.75, 3.05) is 90.7 Å². The molecule has 0 bridgehead atoms. The summed E-state index contributed by atoms with van der Waals surface area (Å²) in [7, 11) is -2.25. The highest BCUT2D eigenvalue weighted by molar-refractivity contribution is 8.13. The summed E-state index contributed by atoms with van der Waals surface area (Å²) in [5.41, 5.74) is 0. The van der Waals surface area contributed by atoms with Crippen molar-refractivity contribution in [3.63, 3.8) is 0 Å². The lowest BCUT2D eigenvalue weighted by Gasteiger charge is -2.48. The molecule has 12 nitrogen and oxygen atoms in total. The van der Waals surface area contributed by atoms with Gasteiger partial charge in [0.2, 0.25) is 10.2 Å². The van der Waals surface area contributed by atoms with Gasteiger partial charge < -0.3 is 27.5 Å². The van der Waals surface area contributed by atoms with E-state index in [1.165, 1.54) is 23.5 Å². The van der Waals surface area contributed by atoms with Gasteiger partial charge in [-0.3, -0.25) is 9.59 Å². The van der Waals surface area contributed by atoms with Crippen LogP contribution in [0.5, 0.6) is 0 Å². The molecule has 0 rings (SSSR count). The van der Waals surface area contributed by atoms with Gasteiger partial charge >= 0.3 is 0 Å². The zero-order valence-corrected chi connectivity index (χ0v) is 47.2. The number of hydrogen-bond acceptors (Lipinski definition) is 12. The Morgan fingerprint density at radius 1 is 0.468 bits per heavy atom. The van der Waals surface area contributed by atoms with Gasteiger partial charge in [-0.25, -0.2) is 18.7 Å². The van der Waals surface area contributed by atoms with Crippen LogP contribution in [0.2, 0.25) is 0 Å². The van der Waals surface area contributed by atoms with Crippen LogP contribution in [0.25, 0.3) is 0 Å². The third-order valence-electron chi connectivity index (χ3n) is 12.3. The number of ether oxygens (including phenoxy) is 2. The van der Waals surface area contributed by atoms with E-state index < -0.39 is 16.9 Å². The maximum atomic E-state index is 12.9. The van der Waals surface area contributed by atoms with Crippen LogP contribution in [-0.4, -0.2) is 177 Å². The SMILES string of the molecule is CC[N+](CC)(CC)CC(=O)SCCOCOP(N(C(C)C)C(C)C)N(C(C)C)C(C)CCC(C)N(C(C)C)P(OCCOCSC(=O)C[N+](CC)(CC)CC)N(C(C)C)C(C)C. The van der Waals surface area contributed by atoms with E-state index in [0.29, 0.717) is 56.7 Å². The van der Waals surface area contributed by atoms with E-state index in [1.54, 1.807) is 0 Å². The van der Waals surface area contributed by atoms with Gasteiger partial charge in [-0.05, 0) is 151 Å². The van der Waals surface area contributed by atoms with Crippen LogP contribution in [0.4, 0.5) is 0 Å². The van der Waals surface area contributed by atoms with Crippen molar-refractivity contribution in [3.8, 4) is 0 Å². The molecule has 16 heteroatoms. The van der Waals surface area contributed by atoms with Gasteiger partial charge in [-0.15, -0.1) is 0 Å². The van der Waals surface area contributed by atoms with E-state index in [9.17, 15) is 9.59 Å². The van der Waals surface area contributed by atoms with Gasteiger partial charge in [0.05, 0.1) is 65.0 Å². The fourth-order valence-electron chi connectivity index (χ4n) is 8.34. The van der Waals surface area contributed by atoms with Crippen LogP contribution < -0.4 is 0 Å². The predicted molar refractivity (Wildman–Crippen MR) is 272 cm³/mol. The zero-order chi connectivity index (χ0) is 47.8. The molecule has 0 aliphatic carbocycles. The topological polar surface area (TPSA) is 84.0 Å². The summed E-state index contributed by atoms with van der Waals surface area (Å²) in [6.07, 6.45) is 2.00. The average molecular weight is 959 g/mol. The number of nitrogens with zero attached hydrogens (tertiary/aromatic N) is 6. The van der Waals surface area contributed by atoms with Crippen molar-refractivity contribution in [2.24, 2.45) is 0 Å². The maximum absolute atomic E-state index is 12.9. The Morgan fingerprint density at radius 3 is 1.18 bits per heavy atom. The Bertz CT molecular complexity index is 1060. The minimum atomic E-state index is -1.15. The second kappa shape index (κ2) is 33.1. The van der Waals surface area contributed by atoms with E-state index in [0.717, 1.165) is 61.1 Å². The third-order valence-corrected chi connectivity index (χ3v) is 19.8. The maximum Gasteiger partial charge on any atom is 0.245 e. The zero-order valence-electron chi connectivity index (χ0n) is 43.8. The van der Waals surface area contributed by atoms with E-state index >= 15 is 0 Å². The van der Waals surface area contributed by atoms with Crippen molar-refractivity contribution in [1.29, 1.82) is 0 Å². The number of carbonyl (C=O) groups excluding carboxylic acids is 2. The largest absolute Gasteiger partial charge is 0.368 e. The molecule has 0 aromatic rings. The molecule has 0 aliphatic heterocycles. The highest BCUT2D eigenvalue weighted by Gasteiger charge is 2.39.